The number of carbonyl (C=O) groups excluding carboxylic acids is 2. The van der Waals surface area contributed by atoms with Crippen molar-refractivity contribution in [1.29, 1.82) is 0 Å². The molecule has 0 bridgehead atoms. The Morgan fingerprint density at radius 1 is 1.17 bits per heavy atom. The van der Waals surface area contributed by atoms with Crippen molar-refractivity contribution < 1.29 is 19.1 Å². The summed E-state index contributed by atoms with van der Waals surface area (Å²) in [4.78, 5) is 30.2. The van der Waals surface area contributed by atoms with Crippen LogP contribution in [0.15, 0.2) is 42.5 Å². The van der Waals surface area contributed by atoms with Gasteiger partial charge in [0.1, 0.15) is 17.5 Å². The van der Waals surface area contributed by atoms with E-state index in [0.29, 0.717) is 23.1 Å². The van der Waals surface area contributed by atoms with Gasteiger partial charge in [0.15, 0.2) is 5.13 Å². The van der Waals surface area contributed by atoms with E-state index in [1.165, 1.54) is 11.3 Å². The lowest BCUT2D eigenvalue weighted by Gasteiger charge is -2.21. The zero-order valence-corrected chi connectivity index (χ0v) is 18.2. The molecule has 0 radical (unpaired) electrons. The van der Waals surface area contributed by atoms with Crippen LogP contribution >= 0.6 is 11.3 Å². The standard InChI is InChI=1S/C22H25N3O4S/c1-5-29-17-9-7-6-8-15(17)20(26)24-19(13(2)3)21(27)25-22-23-16-11-10-14(28-4)12-18(16)30-22/h6-13,19H,5H2,1-4H3,(H,24,26)(H,23,25,27)/t19-/m0/s1. The fourth-order valence-corrected chi connectivity index (χ4v) is 3.86. The predicted molar refractivity (Wildman–Crippen MR) is 119 cm³/mol. The number of nitrogens with one attached hydrogen (secondary N) is 2. The van der Waals surface area contributed by atoms with Gasteiger partial charge in [0.25, 0.3) is 5.91 Å². The van der Waals surface area contributed by atoms with Crippen LogP contribution in [0.3, 0.4) is 0 Å². The minimum atomic E-state index is -0.728. The third-order valence-electron chi connectivity index (χ3n) is 4.49. The van der Waals surface area contributed by atoms with Crippen molar-refractivity contribution >= 4 is 38.5 Å². The number of hydrogen-bond acceptors (Lipinski definition) is 6. The number of thiazole rings is 1. The highest BCUT2D eigenvalue weighted by atomic mass is 32.1. The lowest BCUT2D eigenvalue weighted by atomic mass is 10.0. The summed E-state index contributed by atoms with van der Waals surface area (Å²) in [7, 11) is 1.60. The molecule has 0 saturated heterocycles. The van der Waals surface area contributed by atoms with Crippen molar-refractivity contribution in [2.24, 2.45) is 5.92 Å². The van der Waals surface area contributed by atoms with Crippen LogP contribution in [0.1, 0.15) is 31.1 Å². The summed E-state index contributed by atoms with van der Waals surface area (Å²) >= 11 is 1.35. The van der Waals surface area contributed by atoms with Gasteiger partial charge in [0.2, 0.25) is 5.91 Å². The second kappa shape index (κ2) is 9.58. The van der Waals surface area contributed by atoms with Crippen LogP contribution in [0, 0.1) is 5.92 Å². The van der Waals surface area contributed by atoms with E-state index in [0.717, 1.165) is 16.0 Å². The molecule has 0 aliphatic rings. The first-order valence-corrected chi connectivity index (χ1v) is 10.5. The molecule has 0 spiro atoms. The van der Waals surface area contributed by atoms with E-state index in [-0.39, 0.29) is 17.7 Å². The van der Waals surface area contributed by atoms with Gasteiger partial charge in [-0.2, -0.15) is 0 Å². The van der Waals surface area contributed by atoms with Gasteiger partial charge in [0.05, 0.1) is 29.5 Å². The highest BCUT2D eigenvalue weighted by Crippen LogP contribution is 2.29. The molecule has 2 amide bonds. The van der Waals surface area contributed by atoms with Crippen molar-refractivity contribution in [2.75, 3.05) is 19.0 Å². The number of nitrogens with zero attached hydrogens (tertiary/aromatic N) is 1. The highest BCUT2D eigenvalue weighted by molar-refractivity contribution is 7.22. The highest BCUT2D eigenvalue weighted by Gasteiger charge is 2.26. The lowest BCUT2D eigenvalue weighted by Crippen LogP contribution is -2.47. The average molecular weight is 428 g/mol. The molecule has 1 heterocycles. The van der Waals surface area contributed by atoms with Gasteiger partial charge in [0, 0.05) is 0 Å². The van der Waals surface area contributed by atoms with E-state index in [1.54, 1.807) is 31.4 Å². The second-order valence-corrected chi connectivity index (χ2v) is 8.00. The van der Waals surface area contributed by atoms with Crippen LogP contribution in [0.5, 0.6) is 11.5 Å². The summed E-state index contributed by atoms with van der Waals surface area (Å²) in [6.45, 7) is 6.05. The summed E-state index contributed by atoms with van der Waals surface area (Å²) < 4.78 is 11.7. The summed E-state index contributed by atoms with van der Waals surface area (Å²) in [6, 6.07) is 11.8. The summed E-state index contributed by atoms with van der Waals surface area (Å²) in [5, 5.41) is 6.13. The Balaban J connectivity index is 1.76. The quantitative estimate of drug-likeness (QED) is 0.565. The third kappa shape index (κ3) is 4.88. The fourth-order valence-electron chi connectivity index (χ4n) is 2.96. The minimum absolute atomic E-state index is 0.123. The number of anilines is 1. The first-order chi connectivity index (χ1) is 14.4. The molecule has 1 aromatic heterocycles. The van der Waals surface area contributed by atoms with E-state index >= 15 is 0 Å². The number of carbonyl (C=O) groups is 2. The largest absolute Gasteiger partial charge is 0.497 e. The predicted octanol–water partition coefficient (Wildman–Crippen LogP) is 4.10. The number of ether oxygens (including phenoxy) is 2. The van der Waals surface area contributed by atoms with Crippen LogP contribution in [-0.4, -0.2) is 36.6 Å². The number of methoxy groups -OCH3 is 1. The molecule has 0 unspecified atom stereocenters. The fraction of sp³-hybridized carbons (Fsp3) is 0.318. The Labute approximate surface area is 179 Å². The number of rotatable bonds is 8. The zero-order chi connectivity index (χ0) is 21.7. The summed E-state index contributed by atoms with van der Waals surface area (Å²) in [5.74, 6) is 0.410. The maximum atomic E-state index is 12.9. The molecule has 8 heteroatoms. The van der Waals surface area contributed by atoms with Crippen molar-refractivity contribution in [2.45, 2.75) is 26.8 Å². The number of fused-ring (bicyclic) bond motifs is 1. The van der Waals surface area contributed by atoms with E-state index in [1.807, 2.05) is 39.0 Å². The maximum absolute atomic E-state index is 12.9. The maximum Gasteiger partial charge on any atom is 0.255 e. The van der Waals surface area contributed by atoms with Crippen LogP contribution in [-0.2, 0) is 4.79 Å². The molecule has 0 fully saturated rings. The Kier molecular flexibility index (Phi) is 6.89. The molecule has 2 N–H and O–H groups in total. The Morgan fingerprint density at radius 2 is 1.93 bits per heavy atom. The van der Waals surface area contributed by atoms with Gasteiger partial charge in [-0.3, -0.25) is 9.59 Å². The minimum Gasteiger partial charge on any atom is -0.497 e. The zero-order valence-electron chi connectivity index (χ0n) is 17.4. The second-order valence-electron chi connectivity index (χ2n) is 6.97. The van der Waals surface area contributed by atoms with Crippen molar-refractivity contribution in [3.05, 3.63) is 48.0 Å². The monoisotopic (exact) mass is 427 g/mol. The van der Waals surface area contributed by atoms with Crippen molar-refractivity contribution in [3.8, 4) is 11.5 Å². The topological polar surface area (TPSA) is 89.5 Å². The van der Waals surface area contributed by atoms with Crippen LogP contribution < -0.4 is 20.1 Å². The van der Waals surface area contributed by atoms with Crippen LogP contribution in [0.2, 0.25) is 0 Å². The van der Waals surface area contributed by atoms with E-state index in [9.17, 15) is 9.59 Å². The molecule has 3 aromatic rings. The van der Waals surface area contributed by atoms with Crippen molar-refractivity contribution in [3.63, 3.8) is 0 Å². The Morgan fingerprint density at radius 3 is 2.63 bits per heavy atom. The molecule has 2 aromatic carbocycles. The van der Waals surface area contributed by atoms with Crippen LogP contribution in [0.4, 0.5) is 5.13 Å². The number of para-hydroxylation sites is 1. The molecular formula is C22H25N3O4S. The van der Waals surface area contributed by atoms with E-state index in [2.05, 4.69) is 15.6 Å². The molecule has 7 nitrogen and oxygen atoms in total. The number of amides is 2. The van der Waals surface area contributed by atoms with Gasteiger partial charge in [-0.15, -0.1) is 0 Å². The van der Waals surface area contributed by atoms with E-state index in [4.69, 9.17) is 9.47 Å². The normalized spacial score (nSPS) is 11.9. The molecule has 30 heavy (non-hydrogen) atoms. The molecule has 3 rings (SSSR count). The van der Waals surface area contributed by atoms with Gasteiger partial charge in [-0.1, -0.05) is 37.3 Å². The summed E-state index contributed by atoms with van der Waals surface area (Å²) in [6.07, 6.45) is 0. The molecule has 158 valence electrons. The number of aromatic nitrogens is 1. The first kappa shape index (κ1) is 21.6. The first-order valence-electron chi connectivity index (χ1n) is 9.71. The number of benzene rings is 2. The molecule has 0 aliphatic carbocycles. The summed E-state index contributed by atoms with van der Waals surface area (Å²) in [5.41, 5.74) is 1.16. The van der Waals surface area contributed by atoms with Gasteiger partial charge in [-0.25, -0.2) is 4.98 Å². The lowest BCUT2D eigenvalue weighted by molar-refractivity contribution is -0.118. The molecule has 0 aliphatic heterocycles. The van der Waals surface area contributed by atoms with Gasteiger partial charge >= 0.3 is 0 Å². The van der Waals surface area contributed by atoms with Gasteiger partial charge in [-0.05, 0) is 43.2 Å². The molecule has 0 saturated carbocycles. The molecular weight excluding hydrogens is 402 g/mol. The molecule has 1 atom stereocenters. The number of hydrogen-bond donors (Lipinski definition) is 2. The third-order valence-corrected chi connectivity index (χ3v) is 5.43. The van der Waals surface area contributed by atoms with Crippen LogP contribution in [0.25, 0.3) is 10.2 Å². The van der Waals surface area contributed by atoms with Crippen molar-refractivity contribution in [1.82, 2.24) is 10.3 Å². The Bertz CT molecular complexity index is 1050. The SMILES string of the molecule is CCOc1ccccc1C(=O)N[C@H](C(=O)Nc1nc2ccc(OC)cc2s1)C(C)C. The average Bonchev–Trinajstić information content (AvgIpc) is 3.13. The van der Waals surface area contributed by atoms with E-state index < -0.39 is 6.04 Å². The smallest absolute Gasteiger partial charge is 0.255 e. The Hall–Kier alpha value is -3.13. The van der Waals surface area contributed by atoms with Gasteiger partial charge < -0.3 is 20.1 Å².